The number of hydrogen-bond donors (Lipinski definition) is 1. The molecule has 1 N–H and O–H groups in total. The summed E-state index contributed by atoms with van der Waals surface area (Å²) in [7, 11) is 0. The first-order valence-electron chi connectivity index (χ1n) is 8.71. The van der Waals surface area contributed by atoms with Crippen LogP contribution in [0.15, 0.2) is 59.0 Å². The van der Waals surface area contributed by atoms with Crippen LogP contribution in [0, 0.1) is 6.92 Å². The Morgan fingerprint density at radius 3 is 2.70 bits per heavy atom. The molecule has 0 saturated carbocycles. The first kappa shape index (κ1) is 18.8. The number of hydrazone groups is 1. The van der Waals surface area contributed by atoms with E-state index in [4.69, 9.17) is 4.74 Å². The maximum Gasteiger partial charge on any atom is 0.311 e. The van der Waals surface area contributed by atoms with E-state index in [0.717, 1.165) is 11.1 Å². The summed E-state index contributed by atoms with van der Waals surface area (Å²) in [5.74, 6) is -0.273. The van der Waals surface area contributed by atoms with E-state index >= 15 is 0 Å². The molecule has 0 radical (unpaired) electrons. The molecule has 0 aliphatic carbocycles. The van der Waals surface area contributed by atoms with Gasteiger partial charge >= 0.3 is 5.97 Å². The van der Waals surface area contributed by atoms with Gasteiger partial charge in [-0.3, -0.25) is 10.2 Å². The third-order valence-corrected chi connectivity index (χ3v) is 4.74. The maximum atomic E-state index is 11.5. The third kappa shape index (κ3) is 5.01. The quantitative estimate of drug-likeness (QED) is 0.368. The van der Waals surface area contributed by atoms with E-state index in [1.807, 2.05) is 35.7 Å². The first-order valence-corrected chi connectivity index (χ1v) is 9.59. The van der Waals surface area contributed by atoms with E-state index in [9.17, 15) is 4.79 Å². The number of aromatic nitrogens is 1. The molecule has 3 rings (SSSR count). The van der Waals surface area contributed by atoms with Crippen LogP contribution in [-0.2, 0) is 16.0 Å². The van der Waals surface area contributed by atoms with Gasteiger partial charge in [0.1, 0.15) is 0 Å². The fourth-order valence-corrected chi connectivity index (χ4v) is 3.35. The van der Waals surface area contributed by atoms with Crippen LogP contribution in [0.4, 0.5) is 5.13 Å². The molecular weight excluding hydrogens is 358 g/mol. The fraction of sp³-hybridized carbons (Fsp3) is 0.190. The summed E-state index contributed by atoms with van der Waals surface area (Å²) in [6, 6.07) is 16.4. The molecule has 1 aromatic heterocycles. The van der Waals surface area contributed by atoms with Gasteiger partial charge in [-0.05, 0) is 30.5 Å². The zero-order valence-electron chi connectivity index (χ0n) is 15.3. The molecule has 0 aliphatic heterocycles. The highest BCUT2D eigenvalue weighted by molar-refractivity contribution is 7.13. The summed E-state index contributed by atoms with van der Waals surface area (Å²) in [6.45, 7) is 4.26. The lowest BCUT2D eigenvalue weighted by molar-refractivity contribution is -0.142. The number of hydrogen-bond acceptors (Lipinski definition) is 6. The number of carbonyl (C=O) groups is 1. The smallest absolute Gasteiger partial charge is 0.311 e. The highest BCUT2D eigenvalue weighted by Crippen LogP contribution is 2.25. The van der Waals surface area contributed by atoms with E-state index in [-0.39, 0.29) is 12.4 Å². The molecule has 0 atom stereocenters. The SMILES string of the molecule is CCOC(=O)Cc1csc(NN=Cc2ccccc2-c2ccccc2C)n1. The van der Waals surface area contributed by atoms with Gasteiger partial charge in [0, 0.05) is 10.9 Å². The van der Waals surface area contributed by atoms with Crippen molar-refractivity contribution in [3.63, 3.8) is 0 Å². The molecule has 0 bridgehead atoms. The number of ether oxygens (including phenoxy) is 1. The standard InChI is InChI=1S/C21H21N3O2S/c1-3-26-20(25)12-17-14-27-21(23-17)24-22-13-16-9-5-7-11-19(16)18-10-6-4-8-15(18)2/h4-11,13-14H,3,12H2,1-2H3,(H,23,24). The number of esters is 1. The van der Waals surface area contributed by atoms with Crippen LogP contribution in [0.1, 0.15) is 23.7 Å². The Morgan fingerprint density at radius 1 is 1.19 bits per heavy atom. The van der Waals surface area contributed by atoms with Gasteiger partial charge in [-0.25, -0.2) is 4.98 Å². The van der Waals surface area contributed by atoms with Crippen LogP contribution in [0.3, 0.4) is 0 Å². The minimum absolute atomic E-state index is 0.172. The molecule has 27 heavy (non-hydrogen) atoms. The molecule has 3 aromatic rings. The summed E-state index contributed by atoms with van der Waals surface area (Å²) >= 11 is 1.40. The van der Waals surface area contributed by atoms with E-state index in [1.165, 1.54) is 22.5 Å². The van der Waals surface area contributed by atoms with E-state index in [0.29, 0.717) is 17.4 Å². The lowest BCUT2D eigenvalue weighted by Crippen LogP contribution is -2.07. The predicted octanol–water partition coefficient (Wildman–Crippen LogP) is 4.67. The van der Waals surface area contributed by atoms with Gasteiger partial charge < -0.3 is 4.74 Å². The monoisotopic (exact) mass is 379 g/mol. The number of nitrogens with zero attached hydrogens (tertiary/aromatic N) is 2. The predicted molar refractivity (Wildman–Crippen MR) is 110 cm³/mol. The Morgan fingerprint density at radius 2 is 1.93 bits per heavy atom. The highest BCUT2D eigenvalue weighted by atomic mass is 32.1. The van der Waals surface area contributed by atoms with Crippen molar-refractivity contribution in [1.82, 2.24) is 4.98 Å². The van der Waals surface area contributed by atoms with Crippen LogP contribution >= 0.6 is 11.3 Å². The van der Waals surface area contributed by atoms with Gasteiger partial charge in [0.25, 0.3) is 0 Å². The number of nitrogens with one attached hydrogen (secondary N) is 1. The normalized spacial score (nSPS) is 10.9. The molecule has 0 aliphatic rings. The van der Waals surface area contributed by atoms with Crippen LogP contribution in [0.5, 0.6) is 0 Å². The summed E-state index contributed by atoms with van der Waals surface area (Å²) in [6.07, 6.45) is 1.96. The Kier molecular flexibility index (Phi) is 6.33. The lowest BCUT2D eigenvalue weighted by atomic mass is 9.97. The molecule has 5 nitrogen and oxygen atoms in total. The Labute approximate surface area is 162 Å². The average molecular weight is 379 g/mol. The van der Waals surface area contributed by atoms with E-state index in [2.05, 4.69) is 40.6 Å². The summed E-state index contributed by atoms with van der Waals surface area (Å²) in [5.41, 5.74) is 8.16. The zero-order valence-corrected chi connectivity index (χ0v) is 16.1. The van der Waals surface area contributed by atoms with Crippen molar-refractivity contribution >= 4 is 28.7 Å². The van der Waals surface area contributed by atoms with Crippen molar-refractivity contribution in [1.29, 1.82) is 0 Å². The first-order chi connectivity index (χ1) is 13.2. The van der Waals surface area contributed by atoms with Gasteiger partial charge in [-0.2, -0.15) is 5.10 Å². The third-order valence-electron chi connectivity index (χ3n) is 3.94. The Balaban J connectivity index is 1.70. The van der Waals surface area contributed by atoms with E-state index in [1.54, 1.807) is 13.1 Å². The second-order valence-corrected chi connectivity index (χ2v) is 6.76. The minimum Gasteiger partial charge on any atom is -0.466 e. The Hall–Kier alpha value is -2.99. The van der Waals surface area contributed by atoms with Crippen molar-refractivity contribution in [2.24, 2.45) is 5.10 Å². The van der Waals surface area contributed by atoms with Crippen LogP contribution in [-0.4, -0.2) is 23.8 Å². The topological polar surface area (TPSA) is 63.6 Å². The molecular formula is C21H21N3O2S. The number of carbonyl (C=O) groups excluding carboxylic acids is 1. The van der Waals surface area contributed by atoms with Crippen LogP contribution < -0.4 is 5.43 Å². The number of anilines is 1. The van der Waals surface area contributed by atoms with Gasteiger partial charge in [-0.1, -0.05) is 48.5 Å². The number of benzene rings is 2. The van der Waals surface area contributed by atoms with Crippen molar-refractivity contribution < 1.29 is 9.53 Å². The minimum atomic E-state index is -0.273. The van der Waals surface area contributed by atoms with Crippen molar-refractivity contribution in [2.45, 2.75) is 20.3 Å². The average Bonchev–Trinajstić information content (AvgIpc) is 3.10. The van der Waals surface area contributed by atoms with Crippen LogP contribution in [0.25, 0.3) is 11.1 Å². The highest BCUT2D eigenvalue weighted by Gasteiger charge is 2.08. The fourth-order valence-electron chi connectivity index (χ4n) is 2.69. The molecule has 0 fully saturated rings. The number of aryl methyl sites for hydroxylation is 1. The summed E-state index contributed by atoms with van der Waals surface area (Å²) in [5, 5.41) is 6.78. The van der Waals surface area contributed by atoms with E-state index < -0.39 is 0 Å². The van der Waals surface area contributed by atoms with Crippen molar-refractivity contribution in [2.75, 3.05) is 12.0 Å². The molecule has 0 spiro atoms. The summed E-state index contributed by atoms with van der Waals surface area (Å²) in [4.78, 5) is 15.9. The lowest BCUT2D eigenvalue weighted by Gasteiger charge is -2.08. The summed E-state index contributed by atoms with van der Waals surface area (Å²) < 4.78 is 4.93. The van der Waals surface area contributed by atoms with Crippen molar-refractivity contribution in [3.8, 4) is 11.1 Å². The molecule has 6 heteroatoms. The molecule has 0 amide bonds. The zero-order chi connectivity index (χ0) is 19.1. The van der Waals surface area contributed by atoms with Crippen molar-refractivity contribution in [3.05, 3.63) is 70.7 Å². The largest absolute Gasteiger partial charge is 0.466 e. The maximum absolute atomic E-state index is 11.5. The van der Waals surface area contributed by atoms with Gasteiger partial charge in [0.15, 0.2) is 0 Å². The molecule has 0 unspecified atom stereocenters. The molecule has 1 heterocycles. The second kappa shape index (κ2) is 9.09. The van der Waals surface area contributed by atoms with Gasteiger partial charge in [0.2, 0.25) is 5.13 Å². The number of thiazole rings is 1. The van der Waals surface area contributed by atoms with Gasteiger partial charge in [-0.15, -0.1) is 11.3 Å². The van der Waals surface area contributed by atoms with Gasteiger partial charge in [0.05, 0.1) is 24.9 Å². The number of rotatable bonds is 7. The molecule has 138 valence electrons. The molecule has 0 saturated heterocycles. The van der Waals surface area contributed by atoms with Crippen LogP contribution in [0.2, 0.25) is 0 Å². The second-order valence-electron chi connectivity index (χ2n) is 5.90. The Bertz CT molecular complexity index is 950. The molecule has 2 aromatic carbocycles.